The third kappa shape index (κ3) is 2.53. The average Bonchev–Trinajstić information content (AvgIpc) is 3.21. The van der Waals surface area contributed by atoms with Crippen molar-refractivity contribution in [1.29, 1.82) is 0 Å². The van der Waals surface area contributed by atoms with E-state index in [4.69, 9.17) is 8.83 Å². The lowest BCUT2D eigenvalue weighted by atomic mass is 10.1. The largest absolute Gasteiger partial charge is 0.449 e. The molecule has 0 aliphatic carbocycles. The van der Waals surface area contributed by atoms with Crippen LogP contribution in [0.25, 0.3) is 11.1 Å². The van der Waals surface area contributed by atoms with E-state index in [1.807, 2.05) is 24.3 Å². The van der Waals surface area contributed by atoms with Gasteiger partial charge in [0, 0.05) is 6.54 Å². The van der Waals surface area contributed by atoms with Gasteiger partial charge in [0.2, 0.25) is 11.0 Å². The molecule has 4 rings (SSSR count). The van der Waals surface area contributed by atoms with Crippen LogP contribution in [0.3, 0.4) is 0 Å². The molecule has 1 aliphatic heterocycles. The Morgan fingerprint density at radius 2 is 1.96 bits per heavy atom. The van der Waals surface area contributed by atoms with Gasteiger partial charge in [0.25, 0.3) is 10.0 Å². The number of piperidine rings is 1. The van der Waals surface area contributed by atoms with Crippen LogP contribution in [0.1, 0.15) is 37.0 Å². The van der Waals surface area contributed by atoms with Crippen LogP contribution in [-0.2, 0) is 10.0 Å². The van der Waals surface area contributed by atoms with Gasteiger partial charge in [-0.05, 0) is 44.0 Å². The summed E-state index contributed by atoms with van der Waals surface area (Å²) in [5, 5.41) is -0.0250. The maximum absolute atomic E-state index is 13.0. The number of sulfonamides is 1. The second-order valence-electron chi connectivity index (χ2n) is 6.01. The first kappa shape index (κ1) is 15.4. The van der Waals surface area contributed by atoms with Gasteiger partial charge in [-0.15, -0.1) is 0 Å². The molecule has 0 saturated carbocycles. The standard InChI is InChI=1S/C17H18N2O4S/c1-12-9-10-16(22-12)24(20,21)19-11-5-4-7-14(19)17-18-13-6-2-3-8-15(13)23-17/h2-3,6,8-10,14H,4-5,7,11H2,1H3. The minimum atomic E-state index is -3.71. The van der Waals surface area contributed by atoms with Crippen molar-refractivity contribution in [1.82, 2.24) is 9.29 Å². The molecule has 7 heteroatoms. The van der Waals surface area contributed by atoms with Crippen LogP contribution in [-0.4, -0.2) is 24.3 Å². The molecule has 1 aliphatic rings. The molecule has 3 aromatic rings. The highest BCUT2D eigenvalue weighted by Gasteiger charge is 2.38. The van der Waals surface area contributed by atoms with E-state index in [1.54, 1.807) is 13.0 Å². The lowest BCUT2D eigenvalue weighted by Crippen LogP contribution is -2.38. The molecule has 24 heavy (non-hydrogen) atoms. The first-order valence-electron chi connectivity index (χ1n) is 7.99. The number of aromatic nitrogens is 1. The molecule has 1 fully saturated rings. The maximum Gasteiger partial charge on any atom is 0.277 e. The molecule has 1 atom stereocenters. The van der Waals surface area contributed by atoms with Gasteiger partial charge < -0.3 is 8.83 Å². The highest BCUT2D eigenvalue weighted by molar-refractivity contribution is 7.89. The van der Waals surface area contributed by atoms with Crippen LogP contribution < -0.4 is 0 Å². The zero-order chi connectivity index (χ0) is 16.7. The van der Waals surface area contributed by atoms with Gasteiger partial charge in [0.05, 0.1) is 0 Å². The summed E-state index contributed by atoms with van der Waals surface area (Å²) in [6.07, 6.45) is 2.44. The predicted octanol–water partition coefficient (Wildman–Crippen LogP) is 3.65. The number of nitrogens with zero attached hydrogens (tertiary/aromatic N) is 2. The highest BCUT2D eigenvalue weighted by Crippen LogP contribution is 2.36. The summed E-state index contributed by atoms with van der Waals surface area (Å²) in [6.45, 7) is 2.17. The Morgan fingerprint density at radius 1 is 1.12 bits per heavy atom. The topological polar surface area (TPSA) is 76.6 Å². The van der Waals surface area contributed by atoms with E-state index in [9.17, 15) is 8.42 Å². The zero-order valence-electron chi connectivity index (χ0n) is 13.3. The number of hydrogen-bond donors (Lipinski definition) is 0. The molecule has 1 unspecified atom stereocenters. The highest BCUT2D eigenvalue weighted by atomic mass is 32.2. The number of furan rings is 1. The first-order chi connectivity index (χ1) is 11.6. The van der Waals surface area contributed by atoms with E-state index in [2.05, 4.69) is 4.98 Å². The van der Waals surface area contributed by atoms with Gasteiger partial charge in [0.1, 0.15) is 17.3 Å². The van der Waals surface area contributed by atoms with Crippen molar-refractivity contribution in [2.45, 2.75) is 37.3 Å². The fourth-order valence-electron chi connectivity index (χ4n) is 3.14. The minimum absolute atomic E-state index is 0.0250. The second kappa shape index (κ2) is 5.75. The Labute approximate surface area is 140 Å². The molecule has 2 aromatic heterocycles. The Balaban J connectivity index is 1.75. The number of benzene rings is 1. The first-order valence-corrected chi connectivity index (χ1v) is 9.43. The van der Waals surface area contributed by atoms with E-state index >= 15 is 0 Å². The summed E-state index contributed by atoms with van der Waals surface area (Å²) < 4.78 is 38.6. The normalized spacial score (nSPS) is 19.8. The fraction of sp³-hybridized carbons (Fsp3) is 0.353. The molecule has 0 bridgehead atoms. The summed E-state index contributed by atoms with van der Waals surface area (Å²) in [5.74, 6) is 1.02. The van der Waals surface area contributed by atoms with Gasteiger partial charge in [0.15, 0.2) is 5.58 Å². The molecule has 6 nitrogen and oxygen atoms in total. The van der Waals surface area contributed by atoms with Gasteiger partial charge in [-0.1, -0.05) is 18.6 Å². The van der Waals surface area contributed by atoms with E-state index < -0.39 is 16.1 Å². The van der Waals surface area contributed by atoms with E-state index in [0.29, 0.717) is 30.2 Å². The Bertz CT molecular complexity index is 940. The van der Waals surface area contributed by atoms with Gasteiger partial charge in [-0.25, -0.2) is 13.4 Å². The van der Waals surface area contributed by atoms with Crippen LogP contribution in [0.5, 0.6) is 0 Å². The molecule has 126 valence electrons. The Morgan fingerprint density at radius 3 is 2.71 bits per heavy atom. The molecule has 1 saturated heterocycles. The number of fused-ring (bicyclic) bond motifs is 1. The molecule has 3 heterocycles. The van der Waals surface area contributed by atoms with Crippen LogP contribution >= 0.6 is 0 Å². The average molecular weight is 346 g/mol. The number of aryl methyl sites for hydroxylation is 1. The summed E-state index contributed by atoms with van der Waals surface area (Å²) in [5.41, 5.74) is 1.41. The fourth-order valence-corrected chi connectivity index (χ4v) is 4.75. The summed E-state index contributed by atoms with van der Waals surface area (Å²) in [6, 6.07) is 10.2. The zero-order valence-corrected chi connectivity index (χ0v) is 14.1. The Kier molecular flexibility index (Phi) is 3.69. The van der Waals surface area contributed by atoms with E-state index in [0.717, 1.165) is 18.4 Å². The third-order valence-electron chi connectivity index (χ3n) is 4.33. The van der Waals surface area contributed by atoms with Crippen LogP contribution in [0, 0.1) is 6.92 Å². The molecule has 0 amide bonds. The molecular weight excluding hydrogens is 328 g/mol. The van der Waals surface area contributed by atoms with Crippen molar-refractivity contribution in [2.75, 3.05) is 6.54 Å². The second-order valence-corrected chi connectivity index (χ2v) is 7.83. The minimum Gasteiger partial charge on any atom is -0.449 e. The van der Waals surface area contributed by atoms with Crippen LogP contribution in [0.2, 0.25) is 0 Å². The van der Waals surface area contributed by atoms with E-state index in [1.165, 1.54) is 10.4 Å². The van der Waals surface area contributed by atoms with Gasteiger partial charge in [-0.2, -0.15) is 4.31 Å². The molecule has 0 N–H and O–H groups in total. The molecule has 0 radical (unpaired) electrons. The maximum atomic E-state index is 13.0. The van der Waals surface area contributed by atoms with Crippen molar-refractivity contribution in [3.63, 3.8) is 0 Å². The van der Waals surface area contributed by atoms with Crippen molar-refractivity contribution >= 4 is 21.1 Å². The molecule has 1 aromatic carbocycles. The summed E-state index contributed by atoms with van der Waals surface area (Å²) in [4.78, 5) is 4.50. The quantitative estimate of drug-likeness (QED) is 0.723. The number of hydrogen-bond acceptors (Lipinski definition) is 5. The Hall–Kier alpha value is -2.12. The smallest absolute Gasteiger partial charge is 0.277 e. The number of oxazole rings is 1. The van der Waals surface area contributed by atoms with Crippen LogP contribution in [0.4, 0.5) is 0 Å². The van der Waals surface area contributed by atoms with Crippen molar-refractivity contribution < 1.29 is 17.3 Å². The van der Waals surface area contributed by atoms with Crippen molar-refractivity contribution in [3.05, 3.63) is 48.0 Å². The van der Waals surface area contributed by atoms with Gasteiger partial charge in [-0.3, -0.25) is 0 Å². The van der Waals surface area contributed by atoms with Crippen molar-refractivity contribution in [2.24, 2.45) is 0 Å². The van der Waals surface area contributed by atoms with Gasteiger partial charge >= 0.3 is 0 Å². The predicted molar refractivity (Wildman–Crippen MR) is 87.9 cm³/mol. The monoisotopic (exact) mass is 346 g/mol. The lowest BCUT2D eigenvalue weighted by molar-refractivity contribution is 0.218. The molecular formula is C17H18N2O4S. The lowest BCUT2D eigenvalue weighted by Gasteiger charge is -2.31. The SMILES string of the molecule is Cc1ccc(S(=O)(=O)N2CCCCC2c2nc3ccccc3o2)o1. The summed E-state index contributed by atoms with van der Waals surface area (Å²) in [7, 11) is -3.71. The number of rotatable bonds is 3. The van der Waals surface area contributed by atoms with E-state index in [-0.39, 0.29) is 5.09 Å². The third-order valence-corrected chi connectivity index (χ3v) is 6.11. The summed E-state index contributed by atoms with van der Waals surface area (Å²) >= 11 is 0. The number of para-hydroxylation sites is 2. The molecule has 0 spiro atoms. The van der Waals surface area contributed by atoms with Crippen LogP contribution in [0.15, 0.2) is 50.3 Å². The van der Waals surface area contributed by atoms with Crippen molar-refractivity contribution in [3.8, 4) is 0 Å².